The number of aliphatic carboxylic acids is 1. The van der Waals surface area contributed by atoms with Gasteiger partial charge in [-0.25, -0.2) is 4.39 Å². The Labute approximate surface area is 120 Å². The monoisotopic (exact) mass is 329 g/mol. The van der Waals surface area contributed by atoms with Crippen LogP contribution < -0.4 is 0 Å². The molecule has 1 saturated heterocycles. The Morgan fingerprint density at radius 3 is 2.47 bits per heavy atom. The standard InChI is InChI=1S/C14H17BrFNO2/c15-12-6-5-10(16)9-11(12)13(14(18)19)17-7-3-1-2-4-8-17/h5-6,9,13H,1-4,7-8H2,(H,18,19). The lowest BCUT2D eigenvalue weighted by molar-refractivity contribution is -0.143. The first-order chi connectivity index (χ1) is 9.09. The maximum absolute atomic E-state index is 13.4. The summed E-state index contributed by atoms with van der Waals surface area (Å²) in [6, 6.07) is 3.43. The van der Waals surface area contributed by atoms with Crippen molar-refractivity contribution < 1.29 is 14.3 Å². The second kappa shape index (κ2) is 6.48. The van der Waals surface area contributed by atoms with Crippen molar-refractivity contribution in [1.29, 1.82) is 0 Å². The number of nitrogens with zero attached hydrogens (tertiary/aromatic N) is 1. The normalized spacial score (nSPS) is 18.8. The van der Waals surface area contributed by atoms with Crippen molar-refractivity contribution in [2.75, 3.05) is 13.1 Å². The van der Waals surface area contributed by atoms with E-state index in [0.29, 0.717) is 10.0 Å². The SMILES string of the molecule is O=C(O)C(c1cc(F)ccc1Br)N1CCCCCC1. The zero-order valence-corrected chi connectivity index (χ0v) is 12.2. The average molecular weight is 330 g/mol. The van der Waals surface area contributed by atoms with E-state index in [4.69, 9.17) is 0 Å². The van der Waals surface area contributed by atoms with E-state index in [1.54, 1.807) is 6.07 Å². The smallest absolute Gasteiger partial charge is 0.325 e. The topological polar surface area (TPSA) is 40.5 Å². The van der Waals surface area contributed by atoms with Gasteiger partial charge in [0, 0.05) is 4.47 Å². The molecule has 1 aliphatic heterocycles. The van der Waals surface area contributed by atoms with Gasteiger partial charge < -0.3 is 5.11 Å². The molecule has 0 amide bonds. The van der Waals surface area contributed by atoms with Crippen LogP contribution in [0, 0.1) is 5.82 Å². The highest BCUT2D eigenvalue weighted by atomic mass is 79.9. The first kappa shape index (κ1) is 14.5. The molecule has 1 unspecified atom stereocenters. The van der Waals surface area contributed by atoms with Crippen molar-refractivity contribution in [1.82, 2.24) is 4.90 Å². The van der Waals surface area contributed by atoms with Crippen LogP contribution in [-0.2, 0) is 4.79 Å². The zero-order chi connectivity index (χ0) is 13.8. The predicted molar refractivity (Wildman–Crippen MR) is 74.5 cm³/mol. The number of benzene rings is 1. The third-order valence-corrected chi connectivity index (χ3v) is 4.21. The van der Waals surface area contributed by atoms with Crippen LogP contribution in [-0.4, -0.2) is 29.1 Å². The van der Waals surface area contributed by atoms with E-state index in [-0.39, 0.29) is 0 Å². The Morgan fingerprint density at radius 1 is 1.26 bits per heavy atom. The van der Waals surface area contributed by atoms with Crippen molar-refractivity contribution in [3.63, 3.8) is 0 Å². The third kappa shape index (κ3) is 3.54. The molecule has 1 fully saturated rings. The van der Waals surface area contributed by atoms with Gasteiger partial charge in [-0.2, -0.15) is 0 Å². The maximum Gasteiger partial charge on any atom is 0.325 e. The molecule has 1 aromatic carbocycles. The van der Waals surface area contributed by atoms with Crippen molar-refractivity contribution in [2.45, 2.75) is 31.7 Å². The molecule has 2 rings (SSSR count). The first-order valence-electron chi connectivity index (χ1n) is 6.51. The highest BCUT2D eigenvalue weighted by molar-refractivity contribution is 9.10. The summed E-state index contributed by atoms with van der Waals surface area (Å²) in [6.45, 7) is 1.50. The van der Waals surface area contributed by atoms with Gasteiger partial charge >= 0.3 is 5.97 Å². The van der Waals surface area contributed by atoms with Crippen molar-refractivity contribution >= 4 is 21.9 Å². The minimum atomic E-state index is -0.923. The minimum Gasteiger partial charge on any atom is -0.480 e. The van der Waals surface area contributed by atoms with E-state index in [1.165, 1.54) is 12.1 Å². The van der Waals surface area contributed by atoms with Crippen molar-refractivity contribution in [3.05, 3.63) is 34.1 Å². The van der Waals surface area contributed by atoms with E-state index < -0.39 is 17.8 Å². The Morgan fingerprint density at radius 2 is 1.89 bits per heavy atom. The predicted octanol–water partition coefficient (Wildman–Crippen LogP) is 3.59. The molecule has 0 spiro atoms. The summed E-state index contributed by atoms with van der Waals surface area (Å²) in [5, 5.41) is 9.50. The molecule has 0 aliphatic carbocycles. The van der Waals surface area contributed by atoms with Crippen LogP contribution in [0.15, 0.2) is 22.7 Å². The lowest BCUT2D eigenvalue weighted by Crippen LogP contribution is -2.35. The number of halogens is 2. The molecule has 104 valence electrons. The van der Waals surface area contributed by atoms with Crippen LogP contribution in [0.1, 0.15) is 37.3 Å². The molecule has 1 atom stereocenters. The summed E-state index contributed by atoms with van der Waals surface area (Å²) in [4.78, 5) is 13.5. The van der Waals surface area contributed by atoms with E-state index in [9.17, 15) is 14.3 Å². The molecule has 0 saturated carbocycles. The molecule has 19 heavy (non-hydrogen) atoms. The van der Waals surface area contributed by atoms with Crippen LogP contribution in [0.25, 0.3) is 0 Å². The lowest BCUT2D eigenvalue weighted by atomic mass is 10.0. The van der Waals surface area contributed by atoms with Crippen molar-refractivity contribution in [3.8, 4) is 0 Å². The molecular weight excluding hydrogens is 313 g/mol. The fourth-order valence-corrected chi connectivity index (χ4v) is 3.03. The second-order valence-electron chi connectivity index (χ2n) is 4.86. The Hall–Kier alpha value is -0.940. The molecule has 1 aliphatic rings. The van der Waals surface area contributed by atoms with Gasteiger partial charge in [-0.1, -0.05) is 28.8 Å². The van der Waals surface area contributed by atoms with Gasteiger partial charge in [-0.3, -0.25) is 9.69 Å². The summed E-state index contributed by atoms with van der Waals surface area (Å²) in [7, 11) is 0. The van der Waals surface area contributed by atoms with Crippen LogP contribution in [0.5, 0.6) is 0 Å². The van der Waals surface area contributed by atoms with Crippen LogP contribution in [0.3, 0.4) is 0 Å². The summed E-state index contributed by atoms with van der Waals surface area (Å²) in [6.07, 6.45) is 4.26. The summed E-state index contributed by atoms with van der Waals surface area (Å²) < 4.78 is 14.0. The summed E-state index contributed by atoms with van der Waals surface area (Å²) in [5.74, 6) is -1.33. The maximum atomic E-state index is 13.4. The zero-order valence-electron chi connectivity index (χ0n) is 10.6. The second-order valence-corrected chi connectivity index (χ2v) is 5.71. The summed E-state index contributed by atoms with van der Waals surface area (Å²) >= 11 is 3.33. The fraction of sp³-hybridized carbons (Fsp3) is 0.500. The molecule has 0 aromatic heterocycles. The highest BCUT2D eigenvalue weighted by Gasteiger charge is 2.29. The number of rotatable bonds is 3. The van der Waals surface area contributed by atoms with Gasteiger partial charge in [0.1, 0.15) is 11.9 Å². The fourth-order valence-electron chi connectivity index (χ4n) is 2.56. The Kier molecular flexibility index (Phi) is 4.93. The molecule has 5 heteroatoms. The highest BCUT2D eigenvalue weighted by Crippen LogP contribution is 2.30. The van der Waals surface area contributed by atoms with Gasteiger partial charge in [-0.05, 0) is 49.7 Å². The Bertz CT molecular complexity index is 459. The molecular formula is C14H17BrFNO2. The van der Waals surface area contributed by atoms with Gasteiger partial charge in [-0.15, -0.1) is 0 Å². The van der Waals surface area contributed by atoms with E-state index in [0.717, 1.165) is 38.8 Å². The molecule has 1 heterocycles. The molecule has 3 nitrogen and oxygen atoms in total. The number of hydrogen-bond donors (Lipinski definition) is 1. The lowest BCUT2D eigenvalue weighted by Gasteiger charge is -2.28. The molecule has 1 N–H and O–H groups in total. The van der Waals surface area contributed by atoms with Gasteiger partial charge in [0.05, 0.1) is 0 Å². The number of carboxylic acids is 1. The largest absolute Gasteiger partial charge is 0.480 e. The van der Waals surface area contributed by atoms with E-state index in [2.05, 4.69) is 15.9 Å². The number of carboxylic acid groups (broad SMARTS) is 1. The molecule has 1 aromatic rings. The van der Waals surface area contributed by atoms with Crippen molar-refractivity contribution in [2.24, 2.45) is 0 Å². The van der Waals surface area contributed by atoms with E-state index >= 15 is 0 Å². The number of hydrogen-bond acceptors (Lipinski definition) is 2. The third-order valence-electron chi connectivity index (χ3n) is 3.49. The van der Waals surface area contributed by atoms with Gasteiger partial charge in [0.15, 0.2) is 0 Å². The van der Waals surface area contributed by atoms with Crippen LogP contribution in [0.4, 0.5) is 4.39 Å². The first-order valence-corrected chi connectivity index (χ1v) is 7.30. The van der Waals surface area contributed by atoms with Gasteiger partial charge in [0.25, 0.3) is 0 Å². The molecule has 0 bridgehead atoms. The summed E-state index contributed by atoms with van der Waals surface area (Å²) in [5.41, 5.74) is 0.495. The van der Waals surface area contributed by atoms with Crippen LogP contribution >= 0.6 is 15.9 Å². The minimum absolute atomic E-state index is 0.403. The van der Waals surface area contributed by atoms with Gasteiger partial charge in [0.2, 0.25) is 0 Å². The van der Waals surface area contributed by atoms with Crippen LogP contribution in [0.2, 0.25) is 0 Å². The quantitative estimate of drug-likeness (QED) is 0.921. The molecule has 0 radical (unpaired) electrons. The Balaban J connectivity index is 2.33. The average Bonchev–Trinajstić information content (AvgIpc) is 2.62. The number of likely N-dealkylation sites (tertiary alicyclic amines) is 1. The number of carbonyl (C=O) groups is 1. The van der Waals surface area contributed by atoms with E-state index in [1.807, 2.05) is 4.90 Å².